The summed E-state index contributed by atoms with van der Waals surface area (Å²) in [5.41, 5.74) is -1.53. The first kappa shape index (κ1) is 30.9. The lowest BCUT2D eigenvalue weighted by molar-refractivity contribution is -0.137. The number of fused-ring (bicyclic) bond motifs is 1. The van der Waals surface area contributed by atoms with Crippen LogP contribution in [0.1, 0.15) is 56.0 Å². The Labute approximate surface area is 258 Å². The molecule has 1 atom stereocenters. The Morgan fingerprint density at radius 1 is 1.26 bits per heavy atom. The number of carbonyl (C=O) groups excluding carboxylic acids is 2. The second-order valence-electron chi connectivity index (χ2n) is 10.9. The number of rotatable bonds is 9. The minimum absolute atomic E-state index is 0.0204. The number of likely N-dealkylation sites (tertiary alicyclic amines) is 1. The van der Waals surface area contributed by atoms with Crippen LogP contribution >= 0.6 is 33.9 Å². The number of aromatic nitrogens is 3. The molecule has 1 saturated heterocycles. The maximum Gasteiger partial charge on any atom is 0.416 e. The minimum Gasteiger partial charge on any atom is -0.383 e. The first-order valence-corrected chi connectivity index (χ1v) is 16.0. The fourth-order valence-corrected chi connectivity index (χ4v) is 7.24. The van der Waals surface area contributed by atoms with Crippen LogP contribution in [0, 0.1) is 0 Å². The number of nitrogens with one attached hydrogen (secondary N) is 3. The third-order valence-electron chi connectivity index (χ3n) is 7.84. The van der Waals surface area contributed by atoms with Crippen LogP contribution in [0.3, 0.4) is 0 Å². The van der Waals surface area contributed by atoms with Crippen LogP contribution in [0.5, 0.6) is 0 Å². The van der Waals surface area contributed by atoms with E-state index in [1.54, 1.807) is 6.20 Å². The number of hydrogen-bond donors (Lipinski definition) is 4. The largest absolute Gasteiger partial charge is 0.416 e. The minimum atomic E-state index is -4.57. The number of amides is 2. The van der Waals surface area contributed by atoms with Gasteiger partial charge in [0.25, 0.3) is 0 Å². The molecule has 2 amide bonds. The van der Waals surface area contributed by atoms with Crippen molar-refractivity contribution < 1.29 is 27.9 Å². The van der Waals surface area contributed by atoms with Gasteiger partial charge in [-0.2, -0.15) is 17.9 Å². The lowest BCUT2D eigenvalue weighted by Crippen LogP contribution is -2.63. The molecule has 2 aromatic heterocycles. The summed E-state index contributed by atoms with van der Waals surface area (Å²) < 4.78 is 41.1. The standard InChI is InChI=1S/C27H33F3IN7O3S/c1-2-3-21(31)35-25(40)38-20-5-4-16(27(28,29)30)12-19(20)23(36-38)33-13-22(39)34-17-14-37(15-17)18-6-8-26(41,9-7-18)24-32-10-11-42-24/h4-5,10-12,17-18,21,41H,2-3,6-9,13-15H2,1H3,(H,33,36)(H,34,39)(H,35,40). The fourth-order valence-electron chi connectivity index (χ4n) is 5.56. The number of halogens is 4. The number of alkyl halides is 4. The van der Waals surface area contributed by atoms with E-state index in [-0.39, 0.29) is 39.3 Å². The monoisotopic (exact) mass is 719 g/mol. The summed E-state index contributed by atoms with van der Waals surface area (Å²) in [5.74, 6) is -0.303. The molecule has 15 heteroatoms. The normalized spacial score (nSPS) is 22.5. The molecule has 0 bridgehead atoms. The van der Waals surface area contributed by atoms with Crippen LogP contribution in [0.2, 0.25) is 0 Å². The molecule has 1 aliphatic heterocycles. The third kappa shape index (κ3) is 6.83. The van der Waals surface area contributed by atoms with Crippen LogP contribution in [0.15, 0.2) is 29.8 Å². The van der Waals surface area contributed by atoms with Crippen molar-refractivity contribution in [3.8, 4) is 0 Å². The Balaban J connectivity index is 1.17. The van der Waals surface area contributed by atoms with Gasteiger partial charge in [0.05, 0.1) is 27.7 Å². The van der Waals surface area contributed by atoms with Crippen LogP contribution in [0.25, 0.3) is 10.9 Å². The van der Waals surface area contributed by atoms with Gasteiger partial charge in [0.2, 0.25) is 5.91 Å². The lowest BCUT2D eigenvalue weighted by atomic mass is 9.81. The predicted octanol–water partition coefficient (Wildman–Crippen LogP) is 4.67. The molecule has 1 saturated carbocycles. The summed E-state index contributed by atoms with van der Waals surface area (Å²) in [6.07, 6.45) is 1.69. The second kappa shape index (κ2) is 12.6. The summed E-state index contributed by atoms with van der Waals surface area (Å²) in [6, 6.07) is 2.78. The zero-order chi connectivity index (χ0) is 30.1. The average molecular weight is 720 g/mol. The fraction of sp³-hybridized carbons (Fsp3) is 0.556. The quantitative estimate of drug-likeness (QED) is 0.144. The van der Waals surface area contributed by atoms with Crippen molar-refractivity contribution in [1.82, 2.24) is 30.3 Å². The Hall–Kier alpha value is -2.50. The summed E-state index contributed by atoms with van der Waals surface area (Å²) >= 11 is 3.56. The molecule has 10 nitrogen and oxygen atoms in total. The molecule has 3 heterocycles. The van der Waals surface area contributed by atoms with Crippen LogP contribution in [-0.4, -0.2) is 72.5 Å². The van der Waals surface area contributed by atoms with Gasteiger partial charge in [0.1, 0.15) is 10.6 Å². The Kier molecular flexibility index (Phi) is 9.30. The van der Waals surface area contributed by atoms with E-state index in [9.17, 15) is 27.9 Å². The van der Waals surface area contributed by atoms with Crippen molar-refractivity contribution in [2.45, 2.75) is 73.4 Å². The van der Waals surface area contributed by atoms with E-state index >= 15 is 0 Å². The summed E-state index contributed by atoms with van der Waals surface area (Å²) in [6.45, 7) is 3.14. The predicted molar refractivity (Wildman–Crippen MR) is 162 cm³/mol. The first-order chi connectivity index (χ1) is 20.0. The molecule has 2 aliphatic rings. The summed E-state index contributed by atoms with van der Waals surface area (Å²) in [5, 5.41) is 26.5. The zero-order valence-electron chi connectivity index (χ0n) is 23.0. The molecular weight excluding hydrogens is 686 g/mol. The molecule has 1 aromatic carbocycles. The maximum absolute atomic E-state index is 13.4. The third-order valence-corrected chi connectivity index (χ3v) is 9.74. The summed E-state index contributed by atoms with van der Waals surface area (Å²) in [7, 11) is 0. The number of thiazole rings is 1. The molecular formula is C27H33F3IN7O3S. The highest BCUT2D eigenvalue weighted by atomic mass is 127. The second-order valence-corrected chi connectivity index (χ2v) is 13.3. The summed E-state index contributed by atoms with van der Waals surface area (Å²) in [4.78, 5) is 32.2. The lowest BCUT2D eigenvalue weighted by Gasteiger charge is -2.47. The molecule has 0 spiro atoms. The number of nitrogens with zero attached hydrogens (tertiary/aromatic N) is 4. The highest BCUT2D eigenvalue weighted by molar-refractivity contribution is 14.1. The first-order valence-electron chi connectivity index (χ1n) is 13.9. The van der Waals surface area contributed by atoms with E-state index in [0.29, 0.717) is 32.0 Å². The van der Waals surface area contributed by atoms with Gasteiger partial charge in [-0.05, 0) is 50.3 Å². The van der Waals surface area contributed by atoms with E-state index in [2.05, 4.69) is 53.5 Å². The van der Waals surface area contributed by atoms with Gasteiger partial charge in [-0.1, -0.05) is 35.9 Å². The molecule has 1 unspecified atom stereocenters. The van der Waals surface area contributed by atoms with E-state index in [1.807, 2.05) is 12.3 Å². The smallest absolute Gasteiger partial charge is 0.383 e. The van der Waals surface area contributed by atoms with E-state index < -0.39 is 23.4 Å². The van der Waals surface area contributed by atoms with Gasteiger partial charge < -0.3 is 21.1 Å². The van der Waals surface area contributed by atoms with Crippen molar-refractivity contribution in [2.75, 3.05) is 25.0 Å². The Morgan fingerprint density at radius 3 is 2.64 bits per heavy atom. The van der Waals surface area contributed by atoms with Gasteiger partial charge >= 0.3 is 12.2 Å². The van der Waals surface area contributed by atoms with Crippen molar-refractivity contribution >= 4 is 62.6 Å². The van der Waals surface area contributed by atoms with Gasteiger partial charge in [0.15, 0.2) is 5.82 Å². The topological polar surface area (TPSA) is 124 Å². The molecule has 1 aliphatic carbocycles. The SMILES string of the molecule is CCCC(I)NC(=O)n1nc(NCC(=O)NC2CN(C3CCC(O)(c4nccs4)CC3)C2)c2cc(C(F)(F)F)ccc21. The molecule has 2 fully saturated rings. The highest BCUT2D eigenvalue weighted by Crippen LogP contribution is 2.40. The Morgan fingerprint density at radius 2 is 2.00 bits per heavy atom. The average Bonchev–Trinajstić information content (AvgIpc) is 3.59. The van der Waals surface area contributed by atoms with Gasteiger partial charge in [-0.25, -0.2) is 9.78 Å². The van der Waals surface area contributed by atoms with Crippen LogP contribution in [0.4, 0.5) is 23.8 Å². The van der Waals surface area contributed by atoms with Gasteiger partial charge in [-0.15, -0.1) is 16.4 Å². The van der Waals surface area contributed by atoms with Gasteiger partial charge in [-0.3, -0.25) is 9.69 Å². The highest BCUT2D eigenvalue weighted by Gasteiger charge is 2.41. The van der Waals surface area contributed by atoms with Crippen molar-refractivity contribution in [1.29, 1.82) is 0 Å². The van der Waals surface area contributed by atoms with E-state index in [1.165, 1.54) is 17.4 Å². The van der Waals surface area contributed by atoms with Crippen molar-refractivity contribution in [2.24, 2.45) is 0 Å². The van der Waals surface area contributed by atoms with E-state index in [0.717, 1.165) is 47.5 Å². The molecule has 3 aromatic rings. The van der Waals surface area contributed by atoms with Crippen molar-refractivity contribution in [3.63, 3.8) is 0 Å². The Bertz CT molecular complexity index is 1400. The van der Waals surface area contributed by atoms with Crippen LogP contribution in [-0.2, 0) is 16.6 Å². The molecule has 4 N–H and O–H groups in total. The molecule has 5 rings (SSSR count). The molecule has 228 valence electrons. The number of carbonyl (C=O) groups is 2. The molecule has 42 heavy (non-hydrogen) atoms. The number of hydrogen-bond acceptors (Lipinski definition) is 8. The van der Waals surface area contributed by atoms with Crippen LogP contribution < -0.4 is 16.0 Å². The number of anilines is 1. The van der Waals surface area contributed by atoms with E-state index in [4.69, 9.17) is 0 Å². The zero-order valence-corrected chi connectivity index (χ0v) is 25.9. The molecule has 0 radical (unpaired) electrons. The number of benzene rings is 1. The maximum atomic E-state index is 13.4. The van der Waals surface area contributed by atoms with Crippen molar-refractivity contribution in [3.05, 3.63) is 40.3 Å². The van der Waals surface area contributed by atoms with Gasteiger partial charge in [0, 0.05) is 36.1 Å². The number of aliphatic hydroxyl groups is 1.